The summed E-state index contributed by atoms with van der Waals surface area (Å²) in [5, 5.41) is 8.95. The zero-order valence-electron chi connectivity index (χ0n) is 7.08. The van der Waals surface area contributed by atoms with E-state index in [9.17, 15) is 0 Å². The number of aliphatic hydroxyl groups excluding tert-OH is 1. The number of methoxy groups -OCH3 is 1. The first-order chi connectivity index (χ1) is 5.83. The molecule has 3 N–H and O–H groups in total. The van der Waals surface area contributed by atoms with Gasteiger partial charge in [0.05, 0.1) is 13.7 Å². The van der Waals surface area contributed by atoms with E-state index in [0.29, 0.717) is 12.3 Å². The minimum absolute atomic E-state index is 0.0169. The molecule has 0 fully saturated rings. The Hall–Kier alpha value is -1.06. The fraction of sp³-hybridized carbons (Fsp3) is 0.333. The zero-order valence-corrected chi connectivity index (χ0v) is 7.08. The Balaban J connectivity index is 3.13. The third-order valence-electron chi connectivity index (χ3n) is 1.77. The minimum Gasteiger partial charge on any atom is -0.496 e. The van der Waals surface area contributed by atoms with Gasteiger partial charge in [-0.3, -0.25) is 0 Å². The van der Waals surface area contributed by atoms with Gasteiger partial charge >= 0.3 is 0 Å². The number of para-hydroxylation sites is 1. The lowest BCUT2D eigenvalue weighted by molar-refractivity contribution is 0.273. The highest BCUT2D eigenvalue weighted by molar-refractivity contribution is 5.40. The smallest absolute Gasteiger partial charge is 0.128 e. The van der Waals surface area contributed by atoms with Crippen molar-refractivity contribution in [2.45, 2.75) is 13.2 Å². The molecule has 0 heterocycles. The molecule has 66 valence electrons. The molecule has 0 saturated carbocycles. The second-order valence-corrected chi connectivity index (χ2v) is 2.47. The minimum atomic E-state index is -0.0169. The van der Waals surface area contributed by atoms with E-state index in [2.05, 4.69) is 0 Å². The van der Waals surface area contributed by atoms with E-state index >= 15 is 0 Å². The van der Waals surface area contributed by atoms with Gasteiger partial charge in [0.15, 0.2) is 0 Å². The third kappa shape index (κ3) is 1.57. The van der Waals surface area contributed by atoms with Crippen molar-refractivity contribution in [1.29, 1.82) is 0 Å². The topological polar surface area (TPSA) is 55.5 Å². The molecule has 12 heavy (non-hydrogen) atoms. The maximum Gasteiger partial charge on any atom is 0.128 e. The van der Waals surface area contributed by atoms with Crippen LogP contribution in [0.3, 0.4) is 0 Å². The highest BCUT2D eigenvalue weighted by Gasteiger charge is 2.05. The molecule has 0 bridgehead atoms. The Morgan fingerprint density at radius 1 is 1.42 bits per heavy atom. The van der Waals surface area contributed by atoms with Crippen LogP contribution in [0.15, 0.2) is 18.2 Å². The molecule has 0 aliphatic carbocycles. The largest absolute Gasteiger partial charge is 0.496 e. The van der Waals surface area contributed by atoms with Gasteiger partial charge in [-0.05, 0) is 0 Å². The van der Waals surface area contributed by atoms with E-state index in [4.69, 9.17) is 15.6 Å². The molecule has 0 aliphatic heterocycles. The molecule has 0 aromatic heterocycles. The van der Waals surface area contributed by atoms with E-state index in [0.717, 1.165) is 11.1 Å². The monoisotopic (exact) mass is 167 g/mol. The summed E-state index contributed by atoms with van der Waals surface area (Å²) in [6.45, 7) is 0.411. The van der Waals surface area contributed by atoms with Gasteiger partial charge in [-0.2, -0.15) is 0 Å². The average Bonchev–Trinajstić information content (AvgIpc) is 2.16. The first-order valence-electron chi connectivity index (χ1n) is 3.79. The van der Waals surface area contributed by atoms with Gasteiger partial charge in [0.25, 0.3) is 0 Å². The molecule has 3 nitrogen and oxygen atoms in total. The van der Waals surface area contributed by atoms with Gasteiger partial charge in [-0.1, -0.05) is 18.2 Å². The number of hydrogen-bond acceptors (Lipinski definition) is 3. The van der Waals surface area contributed by atoms with E-state index < -0.39 is 0 Å². The predicted octanol–water partition coefficient (Wildman–Crippen LogP) is 0.646. The zero-order chi connectivity index (χ0) is 8.97. The van der Waals surface area contributed by atoms with Crippen molar-refractivity contribution < 1.29 is 9.84 Å². The molecule has 0 spiro atoms. The van der Waals surface area contributed by atoms with Crippen LogP contribution in [0.2, 0.25) is 0 Å². The van der Waals surface area contributed by atoms with Gasteiger partial charge in [0.1, 0.15) is 5.75 Å². The lowest BCUT2D eigenvalue weighted by atomic mass is 10.1. The van der Waals surface area contributed by atoms with Gasteiger partial charge in [0, 0.05) is 17.7 Å². The van der Waals surface area contributed by atoms with E-state index in [1.165, 1.54) is 0 Å². The Morgan fingerprint density at radius 3 is 2.58 bits per heavy atom. The summed E-state index contributed by atoms with van der Waals surface area (Å²) in [4.78, 5) is 0. The van der Waals surface area contributed by atoms with Crippen LogP contribution >= 0.6 is 0 Å². The number of hydrogen-bond donors (Lipinski definition) is 2. The number of benzene rings is 1. The van der Waals surface area contributed by atoms with Crippen LogP contribution in [-0.2, 0) is 13.2 Å². The van der Waals surface area contributed by atoms with Crippen LogP contribution in [0.4, 0.5) is 0 Å². The number of aliphatic hydroxyl groups is 1. The lowest BCUT2D eigenvalue weighted by Gasteiger charge is -2.09. The third-order valence-corrected chi connectivity index (χ3v) is 1.77. The fourth-order valence-electron chi connectivity index (χ4n) is 1.19. The van der Waals surface area contributed by atoms with Crippen molar-refractivity contribution in [3.8, 4) is 5.75 Å². The first-order valence-corrected chi connectivity index (χ1v) is 3.79. The Bertz CT molecular complexity index is 238. The number of ether oxygens (including phenoxy) is 1. The second-order valence-electron chi connectivity index (χ2n) is 2.47. The molecular weight excluding hydrogens is 154 g/mol. The predicted molar refractivity (Wildman–Crippen MR) is 46.8 cm³/mol. The quantitative estimate of drug-likeness (QED) is 0.694. The summed E-state index contributed by atoms with van der Waals surface area (Å²) >= 11 is 0. The molecule has 1 rings (SSSR count). The summed E-state index contributed by atoms with van der Waals surface area (Å²) in [7, 11) is 1.58. The van der Waals surface area contributed by atoms with Gasteiger partial charge < -0.3 is 15.6 Å². The SMILES string of the molecule is COc1c(CN)cccc1CO. The lowest BCUT2D eigenvalue weighted by Crippen LogP contribution is -2.02. The summed E-state index contributed by atoms with van der Waals surface area (Å²) in [6.07, 6.45) is 0. The maximum atomic E-state index is 8.95. The van der Waals surface area contributed by atoms with Crippen molar-refractivity contribution in [2.24, 2.45) is 5.73 Å². The van der Waals surface area contributed by atoms with Crippen molar-refractivity contribution in [1.82, 2.24) is 0 Å². The highest BCUT2D eigenvalue weighted by Crippen LogP contribution is 2.22. The molecule has 0 unspecified atom stereocenters. The van der Waals surface area contributed by atoms with Gasteiger partial charge in [-0.15, -0.1) is 0 Å². The Morgan fingerprint density at radius 2 is 2.08 bits per heavy atom. The molecule has 0 atom stereocenters. The van der Waals surface area contributed by atoms with Crippen molar-refractivity contribution in [3.05, 3.63) is 29.3 Å². The molecule has 3 heteroatoms. The van der Waals surface area contributed by atoms with E-state index in [-0.39, 0.29) is 6.61 Å². The molecule has 1 aromatic carbocycles. The summed E-state index contributed by atoms with van der Waals surface area (Å²) in [5.74, 6) is 0.697. The summed E-state index contributed by atoms with van der Waals surface area (Å²) < 4.78 is 5.12. The van der Waals surface area contributed by atoms with Crippen molar-refractivity contribution in [3.63, 3.8) is 0 Å². The molecular formula is C9H13NO2. The van der Waals surface area contributed by atoms with Gasteiger partial charge in [0.2, 0.25) is 0 Å². The standard InChI is InChI=1S/C9H13NO2/c1-12-9-7(5-10)3-2-4-8(9)6-11/h2-4,11H,5-6,10H2,1H3. The fourth-order valence-corrected chi connectivity index (χ4v) is 1.19. The van der Waals surface area contributed by atoms with Crippen molar-refractivity contribution >= 4 is 0 Å². The first kappa shape index (κ1) is 9.03. The second kappa shape index (κ2) is 4.09. The van der Waals surface area contributed by atoms with Crippen LogP contribution in [0.5, 0.6) is 5.75 Å². The summed E-state index contributed by atoms with van der Waals surface area (Å²) in [6, 6.07) is 5.56. The van der Waals surface area contributed by atoms with Crippen LogP contribution in [-0.4, -0.2) is 12.2 Å². The Kier molecular flexibility index (Phi) is 3.08. The van der Waals surface area contributed by atoms with E-state index in [1.54, 1.807) is 7.11 Å². The normalized spacial score (nSPS) is 9.92. The molecule has 1 aromatic rings. The van der Waals surface area contributed by atoms with Crippen LogP contribution in [0.25, 0.3) is 0 Å². The van der Waals surface area contributed by atoms with Crippen LogP contribution < -0.4 is 10.5 Å². The van der Waals surface area contributed by atoms with Crippen molar-refractivity contribution in [2.75, 3.05) is 7.11 Å². The molecule has 0 aliphatic rings. The maximum absolute atomic E-state index is 8.95. The number of rotatable bonds is 3. The molecule has 0 radical (unpaired) electrons. The highest BCUT2D eigenvalue weighted by atomic mass is 16.5. The Labute approximate surface area is 71.8 Å². The average molecular weight is 167 g/mol. The van der Waals surface area contributed by atoms with Gasteiger partial charge in [-0.25, -0.2) is 0 Å². The molecule has 0 amide bonds. The number of nitrogens with two attached hydrogens (primary N) is 1. The van der Waals surface area contributed by atoms with E-state index in [1.807, 2.05) is 18.2 Å². The van der Waals surface area contributed by atoms with Crippen LogP contribution in [0, 0.1) is 0 Å². The molecule has 0 saturated heterocycles. The summed E-state index contributed by atoms with van der Waals surface area (Å²) in [5.41, 5.74) is 7.19. The van der Waals surface area contributed by atoms with Crippen LogP contribution in [0.1, 0.15) is 11.1 Å².